The lowest BCUT2D eigenvalue weighted by Crippen LogP contribution is -2.27. The van der Waals surface area contributed by atoms with Crippen molar-refractivity contribution >= 4 is 11.6 Å². The van der Waals surface area contributed by atoms with E-state index in [0.29, 0.717) is 17.5 Å². The van der Waals surface area contributed by atoms with Crippen LogP contribution in [0.3, 0.4) is 0 Å². The van der Waals surface area contributed by atoms with Crippen molar-refractivity contribution in [3.8, 4) is 0 Å². The number of pyridine rings is 1. The normalized spacial score (nSPS) is 21.4. The molecule has 1 amide bonds. The second-order valence-corrected chi connectivity index (χ2v) is 4.82. The molecule has 18 heavy (non-hydrogen) atoms. The molecular formula is C14H21N3O. The summed E-state index contributed by atoms with van der Waals surface area (Å²) in [6, 6.07) is 2.21. The maximum atomic E-state index is 12.1. The molecule has 0 radical (unpaired) electrons. The molecule has 1 aliphatic carbocycles. The molecule has 0 bridgehead atoms. The lowest BCUT2D eigenvalue weighted by molar-refractivity contribution is 0.0949. The summed E-state index contributed by atoms with van der Waals surface area (Å²) in [4.78, 5) is 16.2. The predicted molar refractivity (Wildman–Crippen MR) is 72.7 cm³/mol. The molecule has 98 valence electrons. The molecular weight excluding hydrogens is 226 g/mol. The Bertz CT molecular complexity index is 419. The number of nitrogens with one attached hydrogen (secondary N) is 2. The van der Waals surface area contributed by atoms with Crippen LogP contribution in [-0.4, -0.2) is 23.5 Å². The van der Waals surface area contributed by atoms with Gasteiger partial charge in [0.05, 0.1) is 11.3 Å². The second kappa shape index (κ2) is 5.85. The van der Waals surface area contributed by atoms with E-state index in [-0.39, 0.29) is 5.91 Å². The lowest BCUT2D eigenvalue weighted by atomic mass is 10.2. The number of anilines is 1. The molecule has 4 nitrogen and oxygen atoms in total. The molecule has 2 rings (SSSR count). The highest BCUT2D eigenvalue weighted by Gasteiger charge is 2.37. The monoisotopic (exact) mass is 247 g/mol. The zero-order chi connectivity index (χ0) is 13.0. The molecule has 0 aliphatic heterocycles. The van der Waals surface area contributed by atoms with Gasteiger partial charge in [-0.1, -0.05) is 13.3 Å². The van der Waals surface area contributed by atoms with Crippen LogP contribution in [0.25, 0.3) is 0 Å². The first-order valence-corrected chi connectivity index (χ1v) is 6.75. The molecule has 0 spiro atoms. The van der Waals surface area contributed by atoms with Crippen LogP contribution in [0.1, 0.15) is 43.5 Å². The van der Waals surface area contributed by atoms with Crippen molar-refractivity contribution in [1.82, 2.24) is 10.3 Å². The third-order valence-electron chi connectivity index (χ3n) is 3.33. The summed E-state index contributed by atoms with van der Waals surface area (Å²) in [7, 11) is 0. The summed E-state index contributed by atoms with van der Waals surface area (Å²) in [5, 5.41) is 6.27. The number of nitrogens with zero attached hydrogens (tertiary/aromatic N) is 1. The van der Waals surface area contributed by atoms with Crippen LogP contribution < -0.4 is 10.6 Å². The van der Waals surface area contributed by atoms with E-state index in [1.165, 1.54) is 12.8 Å². The molecule has 1 saturated carbocycles. The minimum atomic E-state index is -0.0114. The number of amides is 1. The van der Waals surface area contributed by atoms with Crippen LogP contribution >= 0.6 is 0 Å². The van der Waals surface area contributed by atoms with Gasteiger partial charge in [-0.25, -0.2) is 0 Å². The fourth-order valence-corrected chi connectivity index (χ4v) is 2.28. The summed E-state index contributed by atoms with van der Waals surface area (Å²) in [6.07, 6.45) is 6.84. The van der Waals surface area contributed by atoms with Gasteiger partial charge in [0.2, 0.25) is 0 Å². The molecule has 2 N–H and O–H groups in total. The summed E-state index contributed by atoms with van der Waals surface area (Å²) in [6.45, 7) is 4.99. The predicted octanol–water partition coefficient (Wildman–Crippen LogP) is 2.43. The zero-order valence-electron chi connectivity index (χ0n) is 11.1. The summed E-state index contributed by atoms with van der Waals surface area (Å²) < 4.78 is 0. The molecule has 1 heterocycles. The van der Waals surface area contributed by atoms with Crippen LogP contribution in [0.15, 0.2) is 18.5 Å². The highest BCUT2D eigenvalue weighted by atomic mass is 16.1. The van der Waals surface area contributed by atoms with E-state index in [9.17, 15) is 4.79 Å². The smallest absolute Gasteiger partial charge is 0.255 e. The molecule has 2 atom stereocenters. The second-order valence-electron chi connectivity index (χ2n) is 4.82. The van der Waals surface area contributed by atoms with E-state index in [1.54, 1.807) is 12.4 Å². The average molecular weight is 247 g/mol. The fourth-order valence-electron chi connectivity index (χ4n) is 2.28. The fraction of sp³-hybridized carbons (Fsp3) is 0.571. The first-order chi connectivity index (χ1) is 8.76. The highest BCUT2D eigenvalue weighted by molar-refractivity contribution is 5.99. The first kappa shape index (κ1) is 12.9. The van der Waals surface area contributed by atoms with E-state index < -0.39 is 0 Å². The topological polar surface area (TPSA) is 54.0 Å². The van der Waals surface area contributed by atoms with Gasteiger partial charge in [0, 0.05) is 25.0 Å². The minimum absolute atomic E-state index is 0.0114. The van der Waals surface area contributed by atoms with Crippen molar-refractivity contribution < 1.29 is 4.79 Å². The van der Waals surface area contributed by atoms with Crippen LogP contribution in [0.4, 0.5) is 5.69 Å². The van der Waals surface area contributed by atoms with Crippen molar-refractivity contribution in [2.45, 2.75) is 39.2 Å². The molecule has 1 aromatic rings. The molecule has 0 aromatic carbocycles. The van der Waals surface area contributed by atoms with Crippen molar-refractivity contribution in [3.05, 3.63) is 24.0 Å². The number of rotatable bonds is 6. The van der Waals surface area contributed by atoms with Gasteiger partial charge in [-0.3, -0.25) is 9.78 Å². The largest absolute Gasteiger partial charge is 0.385 e. The SMILES string of the molecule is CCCC1CC1NC(=O)c1cnccc1NCC. The van der Waals surface area contributed by atoms with Crippen LogP contribution in [-0.2, 0) is 0 Å². The van der Waals surface area contributed by atoms with Gasteiger partial charge < -0.3 is 10.6 Å². The Morgan fingerprint density at radius 1 is 1.50 bits per heavy atom. The average Bonchev–Trinajstić information content (AvgIpc) is 3.09. The van der Waals surface area contributed by atoms with E-state index in [1.807, 2.05) is 13.0 Å². The summed E-state index contributed by atoms with van der Waals surface area (Å²) in [5.41, 5.74) is 1.50. The molecule has 1 aliphatic rings. The quantitative estimate of drug-likeness (QED) is 0.811. The number of hydrogen-bond acceptors (Lipinski definition) is 3. The van der Waals surface area contributed by atoms with Crippen LogP contribution in [0.5, 0.6) is 0 Å². The molecule has 4 heteroatoms. The van der Waals surface area contributed by atoms with Gasteiger partial charge in [0.15, 0.2) is 0 Å². The molecule has 2 unspecified atom stereocenters. The standard InChI is InChI=1S/C14H21N3O/c1-3-5-10-8-13(10)17-14(18)11-9-15-7-6-12(11)16-4-2/h6-7,9-10,13H,3-5,8H2,1-2H3,(H,15,16)(H,17,18). The Hall–Kier alpha value is -1.58. The number of carbonyl (C=O) groups excluding carboxylic acids is 1. The van der Waals surface area contributed by atoms with Crippen molar-refractivity contribution in [3.63, 3.8) is 0 Å². The van der Waals surface area contributed by atoms with Gasteiger partial charge in [-0.05, 0) is 31.7 Å². The van der Waals surface area contributed by atoms with Gasteiger partial charge in [-0.2, -0.15) is 0 Å². The van der Waals surface area contributed by atoms with Crippen LogP contribution in [0, 0.1) is 5.92 Å². The number of carbonyl (C=O) groups is 1. The molecule has 1 aromatic heterocycles. The Labute approximate surface area is 108 Å². The third-order valence-corrected chi connectivity index (χ3v) is 3.33. The van der Waals surface area contributed by atoms with E-state index >= 15 is 0 Å². The van der Waals surface area contributed by atoms with Gasteiger partial charge in [0.1, 0.15) is 0 Å². The Balaban J connectivity index is 1.97. The zero-order valence-corrected chi connectivity index (χ0v) is 11.1. The number of aromatic nitrogens is 1. The van der Waals surface area contributed by atoms with Crippen molar-refractivity contribution in [2.24, 2.45) is 5.92 Å². The summed E-state index contributed by atoms with van der Waals surface area (Å²) in [5.74, 6) is 0.667. The van der Waals surface area contributed by atoms with E-state index in [4.69, 9.17) is 0 Å². The van der Waals surface area contributed by atoms with Crippen molar-refractivity contribution in [2.75, 3.05) is 11.9 Å². The first-order valence-electron chi connectivity index (χ1n) is 6.75. The third kappa shape index (κ3) is 3.00. The van der Waals surface area contributed by atoms with Crippen LogP contribution in [0.2, 0.25) is 0 Å². The maximum Gasteiger partial charge on any atom is 0.255 e. The van der Waals surface area contributed by atoms with E-state index in [2.05, 4.69) is 22.5 Å². The Morgan fingerprint density at radius 2 is 2.33 bits per heavy atom. The maximum absolute atomic E-state index is 12.1. The van der Waals surface area contributed by atoms with Gasteiger partial charge in [0.25, 0.3) is 5.91 Å². The van der Waals surface area contributed by atoms with Gasteiger partial charge in [-0.15, -0.1) is 0 Å². The molecule has 0 saturated heterocycles. The van der Waals surface area contributed by atoms with Gasteiger partial charge >= 0.3 is 0 Å². The van der Waals surface area contributed by atoms with Crippen molar-refractivity contribution in [1.29, 1.82) is 0 Å². The molecule has 1 fully saturated rings. The number of hydrogen-bond donors (Lipinski definition) is 2. The minimum Gasteiger partial charge on any atom is -0.385 e. The summed E-state index contributed by atoms with van der Waals surface area (Å²) >= 11 is 0. The van der Waals surface area contributed by atoms with E-state index in [0.717, 1.165) is 18.7 Å². The Kier molecular flexibility index (Phi) is 4.18. The lowest BCUT2D eigenvalue weighted by Gasteiger charge is -2.10. The Morgan fingerprint density at radius 3 is 3.06 bits per heavy atom. The highest BCUT2D eigenvalue weighted by Crippen LogP contribution is 2.34.